The zero-order valence-electron chi connectivity index (χ0n) is 10.8. The van der Waals surface area contributed by atoms with Crippen LogP contribution in [0.1, 0.15) is 10.5 Å². The summed E-state index contributed by atoms with van der Waals surface area (Å²) in [5.41, 5.74) is -0.610. The number of carbonyl (C=O) groups is 1. The van der Waals surface area contributed by atoms with E-state index in [-0.39, 0.29) is 11.4 Å². The van der Waals surface area contributed by atoms with Crippen molar-refractivity contribution in [2.45, 2.75) is 0 Å². The molecule has 0 unspecified atom stereocenters. The topological polar surface area (TPSA) is 91.6 Å². The van der Waals surface area contributed by atoms with E-state index in [0.29, 0.717) is 0 Å². The van der Waals surface area contributed by atoms with Crippen molar-refractivity contribution in [2.75, 3.05) is 7.11 Å². The van der Waals surface area contributed by atoms with Crippen LogP contribution in [0.25, 0.3) is 0 Å². The first-order valence-electron chi connectivity index (χ1n) is 5.68. The number of benzene rings is 1. The number of aromatic nitrogens is 1. The lowest BCUT2D eigenvalue weighted by Gasteiger charge is -2.06. The Bertz CT molecular complexity index is 705. The third kappa shape index (κ3) is 3.30. The molecule has 0 aliphatic rings. The molecule has 2 aromatic rings. The van der Waals surface area contributed by atoms with Crippen LogP contribution in [0.15, 0.2) is 36.4 Å². The van der Waals surface area contributed by atoms with Crippen molar-refractivity contribution in [2.24, 2.45) is 0 Å². The average Bonchev–Trinajstić information content (AvgIpc) is 2.46. The van der Waals surface area contributed by atoms with Crippen LogP contribution >= 0.6 is 0 Å². The van der Waals surface area contributed by atoms with Crippen molar-refractivity contribution < 1.29 is 23.6 Å². The molecule has 0 radical (unpaired) electrons. The first-order chi connectivity index (χ1) is 10.0. The van der Waals surface area contributed by atoms with Crippen molar-refractivity contribution in [3.05, 3.63) is 58.0 Å². The smallest absolute Gasteiger partial charge is 0.356 e. The molecule has 8 heteroatoms. The Kier molecular flexibility index (Phi) is 4.07. The second-order valence-electron chi connectivity index (χ2n) is 3.83. The van der Waals surface area contributed by atoms with Crippen LogP contribution in [0.5, 0.6) is 11.6 Å². The summed E-state index contributed by atoms with van der Waals surface area (Å²) in [4.78, 5) is 25.3. The fourth-order valence-corrected chi connectivity index (χ4v) is 1.51. The highest BCUT2D eigenvalue weighted by Crippen LogP contribution is 2.29. The van der Waals surface area contributed by atoms with E-state index in [2.05, 4.69) is 9.72 Å². The maximum absolute atomic E-state index is 13.1. The monoisotopic (exact) mass is 292 g/mol. The molecule has 0 saturated carbocycles. The molecular formula is C13H9FN2O5. The summed E-state index contributed by atoms with van der Waals surface area (Å²) in [6.07, 6.45) is 0. The normalized spacial score (nSPS) is 10.0. The van der Waals surface area contributed by atoms with Crippen molar-refractivity contribution in [3.63, 3.8) is 0 Å². The van der Waals surface area contributed by atoms with Gasteiger partial charge in [-0.2, -0.15) is 4.98 Å². The number of esters is 1. The molecule has 0 amide bonds. The SMILES string of the molecule is COC(=O)c1ccc([N+](=O)[O-])c(Oc2cccc(F)c2)n1. The summed E-state index contributed by atoms with van der Waals surface area (Å²) < 4.78 is 22.7. The van der Waals surface area contributed by atoms with E-state index >= 15 is 0 Å². The van der Waals surface area contributed by atoms with Gasteiger partial charge in [0, 0.05) is 12.1 Å². The second-order valence-corrected chi connectivity index (χ2v) is 3.83. The maximum atomic E-state index is 13.1. The van der Waals surface area contributed by atoms with Crippen LogP contribution in [0, 0.1) is 15.9 Å². The number of pyridine rings is 1. The summed E-state index contributed by atoms with van der Waals surface area (Å²) in [6.45, 7) is 0. The quantitative estimate of drug-likeness (QED) is 0.488. The van der Waals surface area contributed by atoms with Crippen LogP contribution < -0.4 is 4.74 Å². The number of methoxy groups -OCH3 is 1. The van der Waals surface area contributed by atoms with Crippen LogP contribution in [0.4, 0.5) is 10.1 Å². The lowest BCUT2D eigenvalue weighted by molar-refractivity contribution is -0.386. The molecule has 0 spiro atoms. The van der Waals surface area contributed by atoms with Gasteiger partial charge in [-0.1, -0.05) is 6.07 Å². The highest BCUT2D eigenvalue weighted by Gasteiger charge is 2.21. The van der Waals surface area contributed by atoms with Crippen molar-refractivity contribution in [1.82, 2.24) is 4.98 Å². The molecule has 0 saturated heterocycles. The Morgan fingerprint density at radius 3 is 2.71 bits per heavy atom. The van der Waals surface area contributed by atoms with Gasteiger partial charge in [-0.05, 0) is 18.2 Å². The molecule has 21 heavy (non-hydrogen) atoms. The Balaban J connectivity index is 2.43. The van der Waals surface area contributed by atoms with E-state index in [1.807, 2.05) is 0 Å². The lowest BCUT2D eigenvalue weighted by Crippen LogP contribution is -2.06. The van der Waals surface area contributed by atoms with Gasteiger partial charge in [-0.15, -0.1) is 0 Å². The van der Waals surface area contributed by atoms with Gasteiger partial charge in [0.05, 0.1) is 12.0 Å². The summed E-state index contributed by atoms with van der Waals surface area (Å²) in [5.74, 6) is -1.74. The number of nitrogens with zero attached hydrogens (tertiary/aromatic N) is 2. The Morgan fingerprint density at radius 2 is 2.10 bits per heavy atom. The summed E-state index contributed by atoms with van der Waals surface area (Å²) in [6, 6.07) is 7.21. The fraction of sp³-hybridized carbons (Fsp3) is 0.0769. The molecule has 1 aromatic heterocycles. The van der Waals surface area contributed by atoms with E-state index in [4.69, 9.17) is 4.74 Å². The number of hydrogen-bond acceptors (Lipinski definition) is 6. The van der Waals surface area contributed by atoms with Gasteiger partial charge in [-0.25, -0.2) is 9.18 Å². The van der Waals surface area contributed by atoms with Gasteiger partial charge in [-0.3, -0.25) is 10.1 Å². The fourth-order valence-electron chi connectivity index (χ4n) is 1.51. The Hall–Kier alpha value is -3.03. The molecular weight excluding hydrogens is 283 g/mol. The predicted octanol–water partition coefficient (Wildman–Crippen LogP) is 2.71. The third-order valence-corrected chi connectivity index (χ3v) is 2.44. The maximum Gasteiger partial charge on any atom is 0.356 e. The number of nitro groups is 1. The number of halogens is 1. The molecule has 2 rings (SSSR count). The van der Waals surface area contributed by atoms with Crippen molar-refractivity contribution >= 4 is 11.7 Å². The third-order valence-electron chi connectivity index (χ3n) is 2.44. The number of ether oxygens (including phenoxy) is 2. The van der Waals surface area contributed by atoms with Crippen LogP contribution in [0.2, 0.25) is 0 Å². The van der Waals surface area contributed by atoms with E-state index in [1.165, 1.54) is 18.2 Å². The van der Waals surface area contributed by atoms with Crippen LogP contribution in [-0.4, -0.2) is 23.0 Å². The zero-order valence-corrected chi connectivity index (χ0v) is 10.8. The summed E-state index contributed by atoms with van der Waals surface area (Å²) >= 11 is 0. The van der Waals surface area contributed by atoms with E-state index in [9.17, 15) is 19.3 Å². The minimum Gasteiger partial charge on any atom is -0.464 e. The number of hydrogen-bond donors (Lipinski definition) is 0. The van der Waals surface area contributed by atoms with Crippen molar-refractivity contribution in [1.29, 1.82) is 0 Å². The highest BCUT2D eigenvalue weighted by molar-refractivity contribution is 5.87. The van der Waals surface area contributed by atoms with Gasteiger partial charge in [0.15, 0.2) is 5.69 Å². The average molecular weight is 292 g/mol. The second kappa shape index (κ2) is 5.95. The minimum absolute atomic E-state index is 0.0209. The van der Waals surface area contributed by atoms with Crippen LogP contribution in [-0.2, 0) is 4.74 Å². The standard InChI is InChI=1S/C13H9FN2O5/c1-20-13(17)10-5-6-11(16(18)19)12(15-10)21-9-4-2-3-8(14)7-9/h2-7H,1H3. The molecule has 7 nitrogen and oxygen atoms in total. The first-order valence-corrected chi connectivity index (χ1v) is 5.68. The van der Waals surface area contributed by atoms with Gasteiger partial charge in [0.2, 0.25) is 0 Å². The molecule has 0 atom stereocenters. The highest BCUT2D eigenvalue weighted by atomic mass is 19.1. The number of rotatable bonds is 4. The van der Waals surface area contributed by atoms with Gasteiger partial charge >= 0.3 is 11.7 Å². The molecule has 0 aliphatic carbocycles. The Morgan fingerprint density at radius 1 is 1.33 bits per heavy atom. The molecule has 108 valence electrons. The van der Waals surface area contributed by atoms with E-state index in [1.54, 1.807) is 0 Å². The molecule has 0 N–H and O–H groups in total. The summed E-state index contributed by atoms with van der Waals surface area (Å²) in [5, 5.41) is 10.9. The molecule has 1 aromatic carbocycles. The predicted molar refractivity (Wildman–Crippen MR) is 68.7 cm³/mol. The molecule has 1 heterocycles. The number of carbonyl (C=O) groups excluding carboxylic acids is 1. The van der Waals surface area contributed by atoms with Gasteiger partial charge in [0.25, 0.3) is 5.88 Å². The zero-order chi connectivity index (χ0) is 15.4. The van der Waals surface area contributed by atoms with E-state index < -0.39 is 28.3 Å². The lowest BCUT2D eigenvalue weighted by atomic mass is 10.3. The Labute approximate surface area is 118 Å². The van der Waals surface area contributed by atoms with Gasteiger partial charge in [0.1, 0.15) is 11.6 Å². The summed E-state index contributed by atoms with van der Waals surface area (Å²) in [7, 11) is 1.15. The molecule has 0 bridgehead atoms. The van der Waals surface area contributed by atoms with E-state index in [0.717, 1.165) is 25.3 Å². The molecule has 0 aliphatic heterocycles. The first kappa shape index (κ1) is 14.4. The largest absolute Gasteiger partial charge is 0.464 e. The van der Waals surface area contributed by atoms with Gasteiger partial charge < -0.3 is 9.47 Å². The molecule has 0 fully saturated rings. The minimum atomic E-state index is -0.769. The van der Waals surface area contributed by atoms with Crippen LogP contribution in [0.3, 0.4) is 0 Å². The van der Waals surface area contributed by atoms with Crippen molar-refractivity contribution in [3.8, 4) is 11.6 Å².